The monoisotopic (exact) mass is 330 g/mol. The number of halogens is 2. The van der Waals surface area contributed by atoms with Crippen LogP contribution in [0.25, 0.3) is 0 Å². The van der Waals surface area contributed by atoms with Crippen molar-refractivity contribution in [1.82, 2.24) is 10.2 Å². The third-order valence-corrected chi connectivity index (χ3v) is 5.34. The van der Waals surface area contributed by atoms with Crippen LogP contribution in [0.4, 0.5) is 4.39 Å². The molecule has 4 rings (SSSR count). The van der Waals surface area contributed by atoms with Crippen molar-refractivity contribution in [3.05, 3.63) is 70.0 Å². The molecule has 0 spiro atoms. The first-order valence-corrected chi connectivity index (χ1v) is 8.60. The zero-order valence-electron chi connectivity index (χ0n) is 12.9. The van der Waals surface area contributed by atoms with E-state index in [9.17, 15) is 4.39 Å². The average molecular weight is 331 g/mol. The third kappa shape index (κ3) is 2.89. The number of piperazine rings is 1. The van der Waals surface area contributed by atoms with E-state index in [0.29, 0.717) is 12.0 Å². The van der Waals surface area contributed by atoms with Gasteiger partial charge in [0.05, 0.1) is 0 Å². The fourth-order valence-corrected chi connectivity index (χ4v) is 4.16. The molecule has 1 saturated heterocycles. The van der Waals surface area contributed by atoms with E-state index in [1.54, 1.807) is 12.1 Å². The Morgan fingerprint density at radius 3 is 2.48 bits per heavy atom. The van der Waals surface area contributed by atoms with E-state index in [4.69, 9.17) is 11.6 Å². The largest absolute Gasteiger partial charge is 0.314 e. The molecule has 120 valence electrons. The topological polar surface area (TPSA) is 15.3 Å². The summed E-state index contributed by atoms with van der Waals surface area (Å²) in [5, 5.41) is 4.19. The van der Waals surface area contributed by atoms with Gasteiger partial charge in [0.1, 0.15) is 5.82 Å². The molecule has 0 saturated carbocycles. The number of hydrogen-bond acceptors (Lipinski definition) is 2. The first-order chi connectivity index (χ1) is 11.2. The highest BCUT2D eigenvalue weighted by Gasteiger charge is 2.35. The Morgan fingerprint density at radius 1 is 1.00 bits per heavy atom. The van der Waals surface area contributed by atoms with Gasteiger partial charge in [0.15, 0.2) is 0 Å². The lowest BCUT2D eigenvalue weighted by Gasteiger charge is -2.33. The quantitative estimate of drug-likeness (QED) is 0.896. The van der Waals surface area contributed by atoms with Crippen LogP contribution in [0, 0.1) is 5.82 Å². The van der Waals surface area contributed by atoms with Gasteiger partial charge in [-0.05, 0) is 47.4 Å². The minimum atomic E-state index is -0.184. The number of rotatable bonds is 2. The van der Waals surface area contributed by atoms with Gasteiger partial charge in [-0.25, -0.2) is 4.39 Å². The van der Waals surface area contributed by atoms with E-state index in [0.717, 1.165) is 37.6 Å². The summed E-state index contributed by atoms with van der Waals surface area (Å²) in [7, 11) is 0. The van der Waals surface area contributed by atoms with Crippen LogP contribution in [0.3, 0.4) is 0 Å². The van der Waals surface area contributed by atoms with E-state index in [1.165, 1.54) is 16.7 Å². The maximum atomic E-state index is 13.3. The first kappa shape index (κ1) is 15.1. The molecule has 1 heterocycles. The van der Waals surface area contributed by atoms with E-state index in [2.05, 4.69) is 22.3 Å². The highest BCUT2D eigenvalue weighted by atomic mass is 35.5. The molecule has 0 bridgehead atoms. The van der Waals surface area contributed by atoms with Crippen LogP contribution in [0.2, 0.25) is 5.02 Å². The highest BCUT2D eigenvalue weighted by Crippen LogP contribution is 2.47. The van der Waals surface area contributed by atoms with Gasteiger partial charge in [-0.3, -0.25) is 4.90 Å². The summed E-state index contributed by atoms with van der Waals surface area (Å²) in [6.07, 6.45) is 1.04. The molecule has 2 atom stereocenters. The summed E-state index contributed by atoms with van der Waals surface area (Å²) in [5.41, 5.74) is 3.85. The second-order valence-corrected chi connectivity index (χ2v) is 6.85. The maximum absolute atomic E-state index is 13.3. The van der Waals surface area contributed by atoms with Crippen molar-refractivity contribution in [2.45, 2.75) is 18.4 Å². The molecule has 2 unspecified atom stereocenters. The number of benzene rings is 2. The van der Waals surface area contributed by atoms with Crippen LogP contribution in [-0.2, 0) is 0 Å². The van der Waals surface area contributed by atoms with Crippen LogP contribution in [0.1, 0.15) is 35.1 Å². The average Bonchev–Trinajstić information content (AvgIpc) is 2.95. The number of hydrogen-bond donors (Lipinski definition) is 1. The fourth-order valence-electron chi connectivity index (χ4n) is 3.98. The first-order valence-electron chi connectivity index (χ1n) is 8.22. The second-order valence-electron chi connectivity index (χ2n) is 6.41. The van der Waals surface area contributed by atoms with Gasteiger partial charge in [0.25, 0.3) is 0 Å². The lowest BCUT2D eigenvalue weighted by Crippen LogP contribution is -2.44. The van der Waals surface area contributed by atoms with Crippen LogP contribution in [-0.4, -0.2) is 31.1 Å². The van der Waals surface area contributed by atoms with E-state index < -0.39 is 0 Å². The predicted molar refractivity (Wildman–Crippen MR) is 91.5 cm³/mol. The minimum absolute atomic E-state index is 0.184. The van der Waals surface area contributed by atoms with Crippen molar-refractivity contribution < 1.29 is 4.39 Å². The predicted octanol–water partition coefficient (Wildman–Crippen LogP) is 3.96. The molecule has 1 aliphatic carbocycles. The summed E-state index contributed by atoms with van der Waals surface area (Å²) >= 11 is 6.25. The third-order valence-electron chi connectivity index (χ3n) is 5.11. The molecule has 1 fully saturated rings. The van der Waals surface area contributed by atoms with Crippen molar-refractivity contribution in [2.75, 3.05) is 26.2 Å². The van der Waals surface area contributed by atoms with Gasteiger partial charge in [0, 0.05) is 43.2 Å². The second kappa shape index (κ2) is 6.23. The number of nitrogens with one attached hydrogen (secondary N) is 1. The van der Waals surface area contributed by atoms with Gasteiger partial charge in [0.2, 0.25) is 0 Å². The van der Waals surface area contributed by atoms with Crippen LogP contribution < -0.4 is 5.32 Å². The molecular formula is C19H20ClFN2. The lowest BCUT2D eigenvalue weighted by atomic mass is 9.93. The van der Waals surface area contributed by atoms with Gasteiger partial charge < -0.3 is 5.32 Å². The summed E-state index contributed by atoms with van der Waals surface area (Å²) in [6.45, 7) is 4.23. The van der Waals surface area contributed by atoms with Crippen molar-refractivity contribution in [3.8, 4) is 0 Å². The normalized spacial score (nSPS) is 24.6. The SMILES string of the molecule is Fc1ccc(C2CC(N3CCNCC3)c3ccc(Cl)cc32)cc1. The van der Waals surface area contributed by atoms with Crippen molar-refractivity contribution in [1.29, 1.82) is 0 Å². The summed E-state index contributed by atoms with van der Waals surface area (Å²) in [4.78, 5) is 2.56. The molecule has 2 aliphatic rings. The molecule has 1 aliphatic heterocycles. The smallest absolute Gasteiger partial charge is 0.123 e. The van der Waals surface area contributed by atoms with Gasteiger partial charge in [-0.1, -0.05) is 29.8 Å². The van der Waals surface area contributed by atoms with Gasteiger partial charge in [-0.15, -0.1) is 0 Å². The van der Waals surface area contributed by atoms with Crippen molar-refractivity contribution in [2.24, 2.45) is 0 Å². The Hall–Kier alpha value is -1.42. The molecule has 0 aromatic heterocycles. The lowest BCUT2D eigenvalue weighted by molar-refractivity contribution is 0.171. The van der Waals surface area contributed by atoms with Gasteiger partial charge >= 0.3 is 0 Å². The Bertz CT molecular complexity index is 695. The molecule has 0 amide bonds. The Balaban J connectivity index is 1.72. The van der Waals surface area contributed by atoms with Gasteiger partial charge in [-0.2, -0.15) is 0 Å². The molecule has 2 aromatic rings. The Labute approximate surface area is 141 Å². The summed E-state index contributed by atoms with van der Waals surface area (Å²) in [6, 6.07) is 13.6. The van der Waals surface area contributed by atoms with Crippen molar-refractivity contribution in [3.63, 3.8) is 0 Å². The Kier molecular flexibility index (Phi) is 4.10. The highest BCUT2D eigenvalue weighted by molar-refractivity contribution is 6.30. The molecule has 0 radical (unpaired) electrons. The zero-order chi connectivity index (χ0) is 15.8. The Morgan fingerprint density at radius 2 is 1.74 bits per heavy atom. The number of nitrogens with zero attached hydrogens (tertiary/aromatic N) is 1. The molecule has 2 nitrogen and oxygen atoms in total. The minimum Gasteiger partial charge on any atom is -0.314 e. The van der Waals surface area contributed by atoms with E-state index in [-0.39, 0.29) is 5.82 Å². The summed E-state index contributed by atoms with van der Waals surface area (Å²) in [5.74, 6) is 0.112. The van der Waals surface area contributed by atoms with E-state index in [1.807, 2.05) is 18.2 Å². The molecule has 4 heteroatoms. The number of fused-ring (bicyclic) bond motifs is 1. The molecule has 1 N–H and O–H groups in total. The summed E-state index contributed by atoms with van der Waals surface area (Å²) < 4.78 is 13.3. The fraction of sp³-hybridized carbons (Fsp3) is 0.368. The van der Waals surface area contributed by atoms with Crippen LogP contribution >= 0.6 is 11.6 Å². The van der Waals surface area contributed by atoms with Crippen LogP contribution in [0.5, 0.6) is 0 Å². The van der Waals surface area contributed by atoms with Crippen LogP contribution in [0.15, 0.2) is 42.5 Å². The standard InChI is InChI=1S/C19H20ClFN2/c20-14-3-6-16-18(11-14)17(13-1-4-15(21)5-2-13)12-19(16)23-9-7-22-8-10-23/h1-6,11,17,19,22H,7-10,12H2. The maximum Gasteiger partial charge on any atom is 0.123 e. The molecular weight excluding hydrogens is 311 g/mol. The van der Waals surface area contributed by atoms with Crippen molar-refractivity contribution >= 4 is 11.6 Å². The molecule has 23 heavy (non-hydrogen) atoms. The van der Waals surface area contributed by atoms with E-state index >= 15 is 0 Å². The zero-order valence-corrected chi connectivity index (χ0v) is 13.7. The molecule has 2 aromatic carbocycles.